The molecule has 0 aliphatic carbocycles. The van der Waals surface area contributed by atoms with Gasteiger partial charge >= 0.3 is 5.69 Å². The molecule has 1 aliphatic rings. The fourth-order valence-corrected chi connectivity index (χ4v) is 4.39. The lowest BCUT2D eigenvalue weighted by molar-refractivity contribution is -0.386. The highest BCUT2D eigenvalue weighted by atomic mass is 19.1. The van der Waals surface area contributed by atoms with Gasteiger partial charge in [-0.3, -0.25) is 24.5 Å². The Kier molecular flexibility index (Phi) is 7.02. The van der Waals surface area contributed by atoms with Crippen molar-refractivity contribution in [3.63, 3.8) is 0 Å². The molecule has 178 valence electrons. The fraction of sp³-hybridized carbons (Fsp3) is 0.360. The summed E-state index contributed by atoms with van der Waals surface area (Å²) in [4.78, 5) is 25.8. The third-order valence-electron chi connectivity index (χ3n) is 6.32. The molecule has 0 saturated carbocycles. The van der Waals surface area contributed by atoms with Gasteiger partial charge in [-0.1, -0.05) is 24.3 Å². The number of likely N-dealkylation sites (tertiary alicyclic amines) is 1. The second-order valence-corrected chi connectivity index (χ2v) is 8.78. The van der Waals surface area contributed by atoms with Gasteiger partial charge in [0.2, 0.25) is 0 Å². The molecular formula is C25H28FN5O3. The number of amides is 1. The van der Waals surface area contributed by atoms with Crippen molar-refractivity contribution in [3.8, 4) is 0 Å². The second kappa shape index (κ2) is 10.1. The lowest BCUT2D eigenvalue weighted by Crippen LogP contribution is -2.44. The maximum Gasteiger partial charge on any atom is 0.312 e. The third-order valence-corrected chi connectivity index (χ3v) is 6.32. The number of carbonyl (C=O) groups excluding carboxylic acids is 1. The summed E-state index contributed by atoms with van der Waals surface area (Å²) in [7, 11) is 0. The fourth-order valence-electron chi connectivity index (χ4n) is 4.39. The number of aryl methyl sites for hydroxylation is 1. The molecule has 0 spiro atoms. The number of benzene rings is 2. The minimum atomic E-state index is -0.408. The van der Waals surface area contributed by atoms with Crippen molar-refractivity contribution in [2.75, 3.05) is 13.1 Å². The lowest BCUT2D eigenvalue weighted by Gasteiger charge is -2.32. The molecule has 2 aromatic carbocycles. The van der Waals surface area contributed by atoms with Crippen molar-refractivity contribution < 1.29 is 14.1 Å². The first-order valence-electron chi connectivity index (χ1n) is 11.3. The topological polar surface area (TPSA) is 93.3 Å². The van der Waals surface area contributed by atoms with Crippen LogP contribution in [0, 0.1) is 29.8 Å². The van der Waals surface area contributed by atoms with Gasteiger partial charge in [0, 0.05) is 31.2 Å². The van der Waals surface area contributed by atoms with E-state index < -0.39 is 4.92 Å². The Labute approximate surface area is 197 Å². The molecular weight excluding hydrogens is 437 g/mol. The highest BCUT2D eigenvalue weighted by Crippen LogP contribution is 2.22. The molecule has 1 aliphatic heterocycles. The third kappa shape index (κ3) is 5.48. The average Bonchev–Trinajstić information content (AvgIpc) is 3.10. The largest absolute Gasteiger partial charge is 0.349 e. The molecule has 1 amide bonds. The van der Waals surface area contributed by atoms with Crippen LogP contribution in [0.25, 0.3) is 0 Å². The van der Waals surface area contributed by atoms with E-state index in [4.69, 9.17) is 0 Å². The molecule has 2 heterocycles. The Morgan fingerprint density at radius 3 is 2.24 bits per heavy atom. The molecule has 0 unspecified atom stereocenters. The van der Waals surface area contributed by atoms with E-state index in [2.05, 4.69) is 15.3 Å². The molecule has 1 N–H and O–H groups in total. The summed E-state index contributed by atoms with van der Waals surface area (Å²) in [5.41, 5.74) is 3.51. The number of aromatic nitrogens is 2. The lowest BCUT2D eigenvalue weighted by atomic mass is 10.0. The maximum absolute atomic E-state index is 13.1. The molecule has 34 heavy (non-hydrogen) atoms. The zero-order valence-electron chi connectivity index (χ0n) is 19.3. The van der Waals surface area contributed by atoms with E-state index in [1.54, 1.807) is 30.7 Å². The molecule has 1 saturated heterocycles. The summed E-state index contributed by atoms with van der Waals surface area (Å²) in [6, 6.07) is 13.9. The van der Waals surface area contributed by atoms with Gasteiger partial charge in [0.15, 0.2) is 0 Å². The van der Waals surface area contributed by atoms with Crippen molar-refractivity contribution in [1.29, 1.82) is 0 Å². The summed E-state index contributed by atoms with van der Waals surface area (Å²) in [5.74, 6) is -0.334. The second-order valence-electron chi connectivity index (χ2n) is 8.78. The Bertz CT molecular complexity index is 1170. The van der Waals surface area contributed by atoms with Crippen LogP contribution in [0.3, 0.4) is 0 Å². The monoisotopic (exact) mass is 465 g/mol. The predicted molar refractivity (Wildman–Crippen MR) is 126 cm³/mol. The van der Waals surface area contributed by atoms with Crippen molar-refractivity contribution in [3.05, 3.63) is 92.5 Å². The van der Waals surface area contributed by atoms with Crippen molar-refractivity contribution in [1.82, 2.24) is 20.0 Å². The number of nitrogens with one attached hydrogen (secondary N) is 1. The highest BCUT2D eigenvalue weighted by molar-refractivity contribution is 5.94. The van der Waals surface area contributed by atoms with Crippen LogP contribution in [0.15, 0.2) is 48.5 Å². The van der Waals surface area contributed by atoms with Crippen LogP contribution in [-0.2, 0) is 13.1 Å². The molecule has 4 rings (SSSR count). The van der Waals surface area contributed by atoms with Crippen molar-refractivity contribution in [2.45, 2.75) is 45.8 Å². The quantitative estimate of drug-likeness (QED) is 0.421. The number of carbonyl (C=O) groups is 1. The number of nitro groups is 1. The van der Waals surface area contributed by atoms with E-state index in [9.17, 15) is 19.3 Å². The first-order valence-corrected chi connectivity index (χ1v) is 11.3. The molecule has 9 heteroatoms. The summed E-state index contributed by atoms with van der Waals surface area (Å²) in [5, 5.41) is 18.6. The van der Waals surface area contributed by atoms with E-state index in [0.29, 0.717) is 23.5 Å². The zero-order valence-corrected chi connectivity index (χ0v) is 19.3. The Morgan fingerprint density at radius 1 is 1.06 bits per heavy atom. The molecule has 0 atom stereocenters. The van der Waals surface area contributed by atoms with Gasteiger partial charge in [-0.05, 0) is 62.1 Å². The zero-order chi connectivity index (χ0) is 24.2. The van der Waals surface area contributed by atoms with Gasteiger partial charge in [-0.15, -0.1) is 0 Å². The molecule has 0 radical (unpaired) electrons. The predicted octanol–water partition coefficient (Wildman–Crippen LogP) is 3.99. The van der Waals surface area contributed by atoms with Crippen LogP contribution in [-0.4, -0.2) is 44.6 Å². The smallest absolute Gasteiger partial charge is 0.312 e. The number of piperidine rings is 1. The van der Waals surface area contributed by atoms with Gasteiger partial charge in [0.25, 0.3) is 5.91 Å². The summed E-state index contributed by atoms with van der Waals surface area (Å²) in [6.07, 6.45) is 1.73. The summed E-state index contributed by atoms with van der Waals surface area (Å²) >= 11 is 0. The van der Waals surface area contributed by atoms with Crippen molar-refractivity contribution in [2.24, 2.45) is 0 Å². The number of hydrogen-bond acceptors (Lipinski definition) is 5. The standard InChI is InChI=1S/C25H28FN5O3/c1-17-24(31(33)34)18(2)30(28-17)16-20-3-7-21(8-4-20)25(32)27-23-11-13-29(14-12-23)15-19-5-9-22(26)10-6-19/h3-10,23H,11-16H2,1-2H3,(H,27,32). The Hall–Kier alpha value is -3.59. The minimum absolute atomic E-state index is 0.0414. The van der Waals surface area contributed by atoms with E-state index in [-0.39, 0.29) is 23.5 Å². The normalized spacial score (nSPS) is 14.8. The minimum Gasteiger partial charge on any atom is -0.349 e. The Morgan fingerprint density at radius 2 is 1.65 bits per heavy atom. The van der Waals surface area contributed by atoms with Crippen LogP contribution in [0.5, 0.6) is 0 Å². The first-order chi connectivity index (χ1) is 16.3. The van der Waals surface area contributed by atoms with Crippen LogP contribution in [0.4, 0.5) is 10.1 Å². The van der Waals surface area contributed by atoms with Gasteiger partial charge in [-0.25, -0.2) is 4.39 Å². The van der Waals surface area contributed by atoms with Crippen LogP contribution >= 0.6 is 0 Å². The van der Waals surface area contributed by atoms with E-state index in [1.807, 2.05) is 24.3 Å². The van der Waals surface area contributed by atoms with E-state index in [1.165, 1.54) is 12.1 Å². The number of hydrogen-bond donors (Lipinski definition) is 1. The molecule has 1 fully saturated rings. The van der Waals surface area contributed by atoms with Gasteiger partial charge in [0.05, 0.1) is 11.5 Å². The number of halogens is 1. The average molecular weight is 466 g/mol. The van der Waals surface area contributed by atoms with Crippen LogP contribution in [0.2, 0.25) is 0 Å². The molecule has 1 aromatic heterocycles. The van der Waals surface area contributed by atoms with Gasteiger partial charge in [-0.2, -0.15) is 5.10 Å². The van der Waals surface area contributed by atoms with Crippen LogP contribution in [0.1, 0.15) is 45.7 Å². The molecule has 0 bridgehead atoms. The van der Waals surface area contributed by atoms with Gasteiger partial charge in [0.1, 0.15) is 17.2 Å². The summed E-state index contributed by atoms with van der Waals surface area (Å²) < 4.78 is 14.7. The Balaban J connectivity index is 1.28. The number of nitrogens with zero attached hydrogens (tertiary/aromatic N) is 4. The first kappa shape index (κ1) is 23.6. The molecule has 3 aromatic rings. The maximum atomic E-state index is 13.1. The van der Waals surface area contributed by atoms with Crippen molar-refractivity contribution >= 4 is 11.6 Å². The number of rotatable bonds is 7. The molecule has 8 nitrogen and oxygen atoms in total. The van der Waals surface area contributed by atoms with E-state index >= 15 is 0 Å². The summed E-state index contributed by atoms with van der Waals surface area (Å²) in [6.45, 7) is 6.23. The van der Waals surface area contributed by atoms with Gasteiger partial charge < -0.3 is 5.32 Å². The SMILES string of the molecule is Cc1nn(Cc2ccc(C(=O)NC3CCN(Cc4ccc(F)cc4)CC3)cc2)c(C)c1[N+](=O)[O-]. The highest BCUT2D eigenvalue weighted by Gasteiger charge is 2.23. The van der Waals surface area contributed by atoms with E-state index in [0.717, 1.165) is 43.6 Å². The van der Waals surface area contributed by atoms with Crippen LogP contribution < -0.4 is 5.32 Å².